The molecule has 2 bridgehead atoms. The number of fused-ring (bicyclic) bond motifs is 2. The number of thiazole rings is 1. The molecule has 2 saturated heterocycles. The van der Waals surface area contributed by atoms with Crippen molar-refractivity contribution in [3.8, 4) is 17.0 Å². The number of ether oxygens (including phenoxy) is 1. The number of aromatic nitrogens is 1. The van der Waals surface area contributed by atoms with Gasteiger partial charge in [-0.25, -0.2) is 4.98 Å². The number of nitrogens with zero attached hydrogens (tertiary/aromatic N) is 3. The molecular weight excluding hydrogens is 538 g/mol. The predicted molar refractivity (Wildman–Crippen MR) is 158 cm³/mol. The lowest BCUT2D eigenvalue weighted by molar-refractivity contribution is -0.144. The van der Waals surface area contributed by atoms with Crippen LogP contribution in [0, 0.1) is 37.5 Å². The van der Waals surface area contributed by atoms with Crippen LogP contribution in [0.15, 0.2) is 41.8 Å². The summed E-state index contributed by atoms with van der Waals surface area (Å²) in [5.41, 5.74) is 5.59. The Kier molecular flexibility index (Phi) is 7.74. The molecule has 9 heteroatoms. The maximum Gasteiger partial charge on any atom is 0.307 e. The largest absolute Gasteiger partial charge is 0.488 e. The maximum absolute atomic E-state index is 13.0. The molecule has 1 amide bonds. The van der Waals surface area contributed by atoms with Gasteiger partial charge in [0.15, 0.2) is 5.13 Å². The van der Waals surface area contributed by atoms with Gasteiger partial charge in [0.1, 0.15) is 12.4 Å². The molecule has 216 valence electrons. The highest BCUT2D eigenvalue weighted by Crippen LogP contribution is 2.44. The van der Waals surface area contributed by atoms with Crippen LogP contribution < -0.4 is 9.64 Å². The Morgan fingerprint density at radius 2 is 1.83 bits per heavy atom. The minimum Gasteiger partial charge on any atom is -0.488 e. The number of aryl methyl sites for hydroxylation is 2. The van der Waals surface area contributed by atoms with Crippen LogP contribution in [0.4, 0.5) is 5.13 Å². The number of rotatable bonds is 8. The first-order valence-electron chi connectivity index (χ1n) is 14.5. The minimum absolute atomic E-state index is 0.0110. The summed E-state index contributed by atoms with van der Waals surface area (Å²) in [7, 11) is 0. The van der Waals surface area contributed by atoms with Crippen LogP contribution in [-0.4, -0.2) is 64.8 Å². The van der Waals surface area contributed by atoms with Crippen molar-refractivity contribution in [2.75, 3.05) is 37.7 Å². The van der Waals surface area contributed by atoms with Gasteiger partial charge in [0, 0.05) is 55.2 Å². The van der Waals surface area contributed by atoms with Crippen molar-refractivity contribution >= 4 is 28.3 Å². The summed E-state index contributed by atoms with van der Waals surface area (Å²) < 4.78 is 6.34. The molecule has 1 saturated carbocycles. The topological polar surface area (TPSA) is 103 Å². The zero-order chi connectivity index (χ0) is 28.7. The number of benzene rings is 2. The predicted octanol–water partition coefficient (Wildman–Crippen LogP) is 5.01. The Hall–Kier alpha value is -3.43. The average Bonchev–Trinajstić information content (AvgIpc) is 3.70. The van der Waals surface area contributed by atoms with Gasteiger partial charge in [-0.2, -0.15) is 0 Å². The third-order valence-electron chi connectivity index (χ3n) is 9.10. The molecule has 8 nitrogen and oxygen atoms in total. The van der Waals surface area contributed by atoms with E-state index in [1.54, 1.807) is 11.3 Å². The molecule has 3 aromatic rings. The number of likely N-dealkylation sites (tertiary alicyclic amines) is 1. The van der Waals surface area contributed by atoms with Crippen LogP contribution in [0.5, 0.6) is 5.75 Å². The van der Waals surface area contributed by atoms with Gasteiger partial charge in [0.25, 0.3) is 5.91 Å². The molecule has 2 aromatic carbocycles. The third-order valence-corrected chi connectivity index (χ3v) is 10.00. The van der Waals surface area contributed by atoms with E-state index in [0.717, 1.165) is 71.2 Å². The van der Waals surface area contributed by atoms with E-state index in [2.05, 4.69) is 23.3 Å². The van der Waals surface area contributed by atoms with Crippen LogP contribution in [-0.2, 0) is 11.4 Å². The highest BCUT2D eigenvalue weighted by molar-refractivity contribution is 7.14. The first-order valence-corrected chi connectivity index (χ1v) is 15.4. The molecule has 0 radical (unpaired) electrons. The molecule has 1 aliphatic carbocycles. The number of carboxylic acids is 1. The van der Waals surface area contributed by atoms with E-state index in [9.17, 15) is 19.8 Å². The van der Waals surface area contributed by atoms with Gasteiger partial charge in [-0.15, -0.1) is 11.3 Å². The number of aliphatic carboxylic acids is 1. The molecule has 3 aliphatic rings. The smallest absolute Gasteiger partial charge is 0.307 e. The lowest BCUT2D eigenvalue weighted by Gasteiger charge is -2.35. The Morgan fingerprint density at radius 3 is 2.51 bits per heavy atom. The standard InChI is InChI=1S/C32H37N3O5S/c1-19-3-8-28(40-17-25-7-4-22(12-20(25)2)30(37)34-10-9-21(13-34)16-36)26(11-19)27-18-41-32(33-27)35-14-23-5-6-24(15-35)29(23)31(38)39/h3-4,7-8,11-12,18,21,23-24,29,36H,5-6,9-10,13-17H2,1-2H3,(H,38,39)/t21-,23-,24+,29?/m1/s1. The average molecular weight is 576 g/mol. The Morgan fingerprint density at radius 1 is 1.05 bits per heavy atom. The molecule has 3 fully saturated rings. The van der Waals surface area contributed by atoms with Gasteiger partial charge in [0.2, 0.25) is 0 Å². The van der Waals surface area contributed by atoms with Crippen LogP contribution in [0.25, 0.3) is 11.3 Å². The van der Waals surface area contributed by atoms with E-state index in [1.165, 1.54) is 0 Å². The summed E-state index contributed by atoms with van der Waals surface area (Å²) in [5.74, 6) is 0.434. The van der Waals surface area contributed by atoms with Gasteiger partial charge in [-0.1, -0.05) is 17.7 Å². The molecule has 4 atom stereocenters. The number of aliphatic hydroxyl groups is 1. The van der Waals surface area contributed by atoms with Crippen molar-refractivity contribution in [1.82, 2.24) is 9.88 Å². The van der Waals surface area contributed by atoms with Crippen LogP contribution in [0.3, 0.4) is 0 Å². The first kappa shape index (κ1) is 27.7. The van der Waals surface area contributed by atoms with Gasteiger partial charge in [-0.3, -0.25) is 9.59 Å². The Balaban J connectivity index is 1.15. The SMILES string of the molecule is Cc1ccc(OCc2ccc(C(=O)N3CC[C@@H](CO)C3)cc2C)c(-c2csc(N3C[C@H]4CC[C@@H](C3)C4C(=O)O)n2)c1. The molecule has 3 heterocycles. The number of carbonyl (C=O) groups is 2. The number of hydrogen-bond acceptors (Lipinski definition) is 7. The molecule has 41 heavy (non-hydrogen) atoms. The number of carbonyl (C=O) groups excluding carboxylic acids is 1. The van der Waals surface area contributed by atoms with Crippen LogP contribution >= 0.6 is 11.3 Å². The second kappa shape index (κ2) is 11.4. The van der Waals surface area contributed by atoms with E-state index < -0.39 is 5.97 Å². The van der Waals surface area contributed by atoms with Gasteiger partial charge in [-0.05, 0) is 80.3 Å². The molecule has 1 unspecified atom stereocenters. The van der Waals surface area contributed by atoms with Crippen molar-refractivity contribution in [1.29, 1.82) is 0 Å². The van der Waals surface area contributed by atoms with E-state index in [1.807, 2.05) is 42.2 Å². The van der Waals surface area contributed by atoms with E-state index in [0.29, 0.717) is 25.3 Å². The molecule has 6 rings (SSSR count). The van der Waals surface area contributed by atoms with Crippen molar-refractivity contribution in [3.63, 3.8) is 0 Å². The monoisotopic (exact) mass is 575 g/mol. The lowest BCUT2D eigenvalue weighted by atomic mass is 9.85. The number of piperidine rings is 1. The molecule has 0 spiro atoms. The lowest BCUT2D eigenvalue weighted by Crippen LogP contribution is -2.44. The van der Waals surface area contributed by atoms with Gasteiger partial charge < -0.3 is 24.7 Å². The Labute approximate surface area is 244 Å². The van der Waals surface area contributed by atoms with E-state index in [-0.39, 0.29) is 36.2 Å². The number of anilines is 1. The fourth-order valence-electron chi connectivity index (χ4n) is 6.78. The molecule has 2 aliphatic heterocycles. The third kappa shape index (κ3) is 5.57. The van der Waals surface area contributed by atoms with Gasteiger partial charge >= 0.3 is 5.97 Å². The quantitative estimate of drug-likeness (QED) is 0.389. The zero-order valence-electron chi connectivity index (χ0n) is 23.6. The molecule has 2 N–H and O–H groups in total. The summed E-state index contributed by atoms with van der Waals surface area (Å²) in [5, 5.41) is 22.1. The summed E-state index contributed by atoms with van der Waals surface area (Å²) in [6.45, 7) is 7.33. The second-order valence-corrected chi connectivity index (χ2v) is 12.7. The summed E-state index contributed by atoms with van der Waals surface area (Å²) in [6, 6.07) is 11.9. The number of hydrogen-bond donors (Lipinski definition) is 2. The highest BCUT2D eigenvalue weighted by Gasteiger charge is 2.46. The maximum atomic E-state index is 13.0. The van der Waals surface area contributed by atoms with Crippen molar-refractivity contribution < 1.29 is 24.5 Å². The molecule has 1 aromatic heterocycles. The number of aliphatic hydroxyl groups excluding tert-OH is 1. The second-order valence-electron chi connectivity index (χ2n) is 11.9. The summed E-state index contributed by atoms with van der Waals surface area (Å²) >= 11 is 1.60. The molecular formula is C32H37N3O5S. The normalized spacial score (nSPS) is 23.7. The Bertz CT molecular complexity index is 1440. The van der Waals surface area contributed by atoms with Crippen molar-refractivity contribution in [3.05, 3.63) is 64.0 Å². The van der Waals surface area contributed by atoms with Crippen LogP contribution in [0.1, 0.15) is 46.3 Å². The first-order chi connectivity index (χ1) is 19.8. The minimum atomic E-state index is -0.655. The number of amides is 1. The zero-order valence-corrected chi connectivity index (χ0v) is 24.4. The summed E-state index contributed by atoms with van der Waals surface area (Å²) in [4.78, 5) is 33.8. The van der Waals surface area contributed by atoms with Crippen molar-refractivity contribution in [2.45, 2.75) is 39.7 Å². The van der Waals surface area contributed by atoms with E-state index >= 15 is 0 Å². The van der Waals surface area contributed by atoms with Crippen molar-refractivity contribution in [2.24, 2.45) is 23.7 Å². The fourth-order valence-corrected chi connectivity index (χ4v) is 7.63. The highest BCUT2D eigenvalue weighted by atomic mass is 32.1. The van der Waals surface area contributed by atoms with E-state index in [4.69, 9.17) is 9.72 Å². The van der Waals surface area contributed by atoms with Crippen LogP contribution in [0.2, 0.25) is 0 Å². The number of carboxylic acid groups (broad SMARTS) is 1. The summed E-state index contributed by atoms with van der Waals surface area (Å²) in [6.07, 6.45) is 2.79. The van der Waals surface area contributed by atoms with Gasteiger partial charge in [0.05, 0.1) is 11.6 Å². The fraction of sp³-hybridized carbons (Fsp3) is 0.469.